The number of amides is 1. The van der Waals surface area contributed by atoms with Gasteiger partial charge in [0.2, 0.25) is 0 Å². The Labute approximate surface area is 238 Å². The van der Waals surface area contributed by atoms with Crippen LogP contribution in [0.3, 0.4) is 0 Å². The van der Waals surface area contributed by atoms with Crippen LogP contribution in [0.1, 0.15) is 30.9 Å². The number of fused-ring (bicyclic) bond motifs is 2. The molecule has 1 aliphatic heterocycles. The normalized spacial score (nSPS) is 14.4. The van der Waals surface area contributed by atoms with Crippen LogP contribution in [0, 0.1) is 0 Å². The number of hydrogen-bond donors (Lipinski definition) is 2. The number of rotatable bonds is 9. The van der Waals surface area contributed by atoms with Gasteiger partial charge < -0.3 is 10.1 Å². The highest BCUT2D eigenvalue weighted by molar-refractivity contribution is 5.91. The molecule has 1 saturated heterocycles. The van der Waals surface area contributed by atoms with E-state index in [1.165, 1.54) is 11.9 Å². The van der Waals surface area contributed by atoms with Crippen molar-refractivity contribution >= 4 is 39.7 Å². The zero-order chi connectivity index (χ0) is 28.2. The lowest BCUT2D eigenvalue weighted by Gasteiger charge is -2.30. The minimum absolute atomic E-state index is 0.0952. The fourth-order valence-electron chi connectivity index (χ4n) is 5.50. The average Bonchev–Trinajstić information content (AvgIpc) is 3.55. The molecule has 210 valence electrons. The molecular weight excluding hydrogens is 516 g/mol. The van der Waals surface area contributed by atoms with Crippen LogP contribution >= 0.6 is 0 Å². The lowest BCUT2D eigenvalue weighted by atomic mass is 10.1. The molecule has 1 aliphatic rings. The van der Waals surface area contributed by atoms with Crippen LogP contribution in [0.4, 0.5) is 22.0 Å². The Kier molecular flexibility index (Phi) is 7.64. The second-order valence-corrected chi connectivity index (χ2v) is 10.3. The fourth-order valence-corrected chi connectivity index (χ4v) is 5.50. The second kappa shape index (κ2) is 11.8. The molecule has 0 radical (unpaired) electrons. The number of anilines is 3. The molecule has 10 nitrogen and oxygen atoms in total. The third-order valence-electron chi connectivity index (χ3n) is 7.54. The highest BCUT2D eigenvalue weighted by Crippen LogP contribution is 2.31. The van der Waals surface area contributed by atoms with Crippen LogP contribution in [-0.4, -0.2) is 61.1 Å². The van der Waals surface area contributed by atoms with Gasteiger partial charge in [0.1, 0.15) is 17.9 Å². The van der Waals surface area contributed by atoms with Gasteiger partial charge in [0.05, 0.1) is 30.1 Å². The first kappa shape index (κ1) is 26.5. The van der Waals surface area contributed by atoms with Gasteiger partial charge in [-0.2, -0.15) is 10.2 Å². The number of nitrogens with zero attached hydrogens (tertiary/aromatic N) is 6. The number of likely N-dealkylation sites (tertiary alicyclic amines) is 1. The van der Waals surface area contributed by atoms with Crippen molar-refractivity contribution in [2.24, 2.45) is 0 Å². The van der Waals surface area contributed by atoms with Crippen molar-refractivity contribution in [1.29, 1.82) is 0 Å². The number of nitrogens with one attached hydrogen (secondary N) is 2. The van der Waals surface area contributed by atoms with Crippen LogP contribution in [0.15, 0.2) is 79.9 Å². The molecule has 0 saturated carbocycles. The second-order valence-electron chi connectivity index (χ2n) is 10.3. The largest absolute Gasteiger partial charge is 0.446 e. The summed E-state index contributed by atoms with van der Waals surface area (Å²) >= 11 is 0. The molecule has 2 N–H and O–H groups in total. The van der Waals surface area contributed by atoms with E-state index in [4.69, 9.17) is 4.74 Å². The zero-order valence-electron chi connectivity index (χ0n) is 23.2. The third-order valence-corrected chi connectivity index (χ3v) is 7.54. The van der Waals surface area contributed by atoms with Crippen molar-refractivity contribution in [3.05, 3.63) is 91.0 Å². The quantitative estimate of drug-likeness (QED) is 0.229. The van der Waals surface area contributed by atoms with Crippen LogP contribution in [0.25, 0.3) is 16.4 Å². The number of carbonyl (C=O) groups is 1. The predicted molar refractivity (Wildman–Crippen MR) is 161 cm³/mol. The molecule has 0 aliphatic carbocycles. The van der Waals surface area contributed by atoms with Crippen LogP contribution in [0.5, 0.6) is 0 Å². The highest BCUT2D eigenvalue weighted by Gasteiger charge is 2.23. The number of ether oxygens (including phenoxy) is 1. The van der Waals surface area contributed by atoms with Crippen molar-refractivity contribution in [3.63, 3.8) is 0 Å². The molecule has 10 heteroatoms. The van der Waals surface area contributed by atoms with E-state index in [2.05, 4.69) is 61.6 Å². The number of hydrogen-bond acceptors (Lipinski definition) is 7. The first-order chi connectivity index (χ1) is 20.1. The molecular formula is C31H34N8O2. The van der Waals surface area contributed by atoms with E-state index in [9.17, 15) is 4.79 Å². The summed E-state index contributed by atoms with van der Waals surface area (Å²) in [5.74, 6) is 0.656. The third kappa shape index (κ3) is 5.78. The Balaban J connectivity index is 1.18. The van der Waals surface area contributed by atoms with Gasteiger partial charge >= 0.3 is 6.09 Å². The predicted octanol–water partition coefficient (Wildman–Crippen LogP) is 5.63. The van der Waals surface area contributed by atoms with Crippen molar-refractivity contribution in [1.82, 2.24) is 29.3 Å². The minimum Gasteiger partial charge on any atom is -0.446 e. The number of piperidine rings is 1. The highest BCUT2D eigenvalue weighted by atomic mass is 16.6. The Morgan fingerprint density at radius 1 is 1.15 bits per heavy atom. The summed E-state index contributed by atoms with van der Waals surface area (Å²) in [4.78, 5) is 19.7. The molecule has 0 spiro atoms. The number of aromatic nitrogens is 5. The smallest absolute Gasteiger partial charge is 0.411 e. The molecule has 1 fully saturated rings. The average molecular weight is 551 g/mol. The van der Waals surface area contributed by atoms with Crippen LogP contribution in [0.2, 0.25) is 0 Å². The maximum atomic E-state index is 12.8. The van der Waals surface area contributed by atoms with Gasteiger partial charge in [-0.25, -0.2) is 14.3 Å². The Hall–Kier alpha value is -4.70. The summed E-state index contributed by atoms with van der Waals surface area (Å²) < 4.78 is 9.50. The van der Waals surface area contributed by atoms with Gasteiger partial charge in [-0.1, -0.05) is 43.3 Å². The summed E-state index contributed by atoms with van der Waals surface area (Å²) in [5.41, 5.74) is 5.55. The molecule has 6 rings (SSSR count). The first-order valence-corrected chi connectivity index (χ1v) is 14.0. The van der Waals surface area contributed by atoms with E-state index in [0.717, 1.165) is 60.1 Å². The van der Waals surface area contributed by atoms with E-state index in [0.29, 0.717) is 24.5 Å². The number of aryl methyl sites for hydroxylation is 1. The first-order valence-electron chi connectivity index (χ1n) is 14.0. The Morgan fingerprint density at radius 3 is 2.76 bits per heavy atom. The maximum absolute atomic E-state index is 12.8. The molecule has 5 aromatic rings. The summed E-state index contributed by atoms with van der Waals surface area (Å²) in [7, 11) is 0. The van der Waals surface area contributed by atoms with Crippen molar-refractivity contribution in [2.75, 3.05) is 30.3 Å². The van der Waals surface area contributed by atoms with E-state index in [-0.39, 0.29) is 6.10 Å². The standard InChI is InChI=1S/C31H34N8O2/c1-3-14-37-15-12-25(13-16-37)41-31(40)36-27-20-39-29(26(27)4-2)30(32-21-34-39)35-24-10-11-28-23(17-24)18-33-38(28)19-22-8-6-5-7-9-22/h3,5-11,17-18,20-21,25H,1,4,12-16,19H2,2H3,(H,36,40)(H,32,34,35). The molecule has 0 atom stereocenters. The van der Waals surface area contributed by atoms with Gasteiger partial charge in [0.25, 0.3) is 0 Å². The molecule has 4 heterocycles. The molecule has 0 bridgehead atoms. The van der Waals surface area contributed by atoms with Crippen molar-refractivity contribution in [3.8, 4) is 0 Å². The van der Waals surface area contributed by atoms with Gasteiger partial charge in [-0.3, -0.25) is 14.9 Å². The van der Waals surface area contributed by atoms with Gasteiger partial charge in [-0.05, 0) is 43.0 Å². The van der Waals surface area contributed by atoms with E-state index in [1.807, 2.05) is 54.3 Å². The Morgan fingerprint density at radius 2 is 1.98 bits per heavy atom. The molecule has 3 aromatic heterocycles. The van der Waals surface area contributed by atoms with Crippen LogP contribution in [-0.2, 0) is 17.7 Å². The molecule has 2 aromatic carbocycles. The topological polar surface area (TPSA) is 102 Å². The van der Waals surface area contributed by atoms with Gasteiger partial charge in [-0.15, -0.1) is 6.58 Å². The van der Waals surface area contributed by atoms with E-state index in [1.54, 1.807) is 4.52 Å². The zero-order valence-corrected chi connectivity index (χ0v) is 23.2. The van der Waals surface area contributed by atoms with E-state index < -0.39 is 6.09 Å². The minimum atomic E-state index is -0.446. The summed E-state index contributed by atoms with van der Waals surface area (Å²) in [6.45, 7) is 9.20. The van der Waals surface area contributed by atoms with Gasteiger partial charge in [0, 0.05) is 36.3 Å². The fraction of sp³-hybridized carbons (Fsp3) is 0.290. The van der Waals surface area contributed by atoms with Crippen molar-refractivity contribution in [2.45, 2.75) is 38.8 Å². The monoisotopic (exact) mass is 550 g/mol. The maximum Gasteiger partial charge on any atom is 0.411 e. The lowest BCUT2D eigenvalue weighted by molar-refractivity contribution is 0.0623. The van der Waals surface area contributed by atoms with E-state index >= 15 is 0 Å². The summed E-state index contributed by atoms with van der Waals surface area (Å²) in [5, 5.41) is 16.4. The Bertz CT molecular complexity index is 1670. The lowest BCUT2D eigenvalue weighted by Crippen LogP contribution is -2.38. The van der Waals surface area contributed by atoms with Crippen molar-refractivity contribution < 1.29 is 9.53 Å². The van der Waals surface area contributed by atoms with Gasteiger partial charge in [0.15, 0.2) is 5.82 Å². The molecule has 0 unspecified atom stereocenters. The van der Waals surface area contributed by atoms with Crippen LogP contribution < -0.4 is 10.6 Å². The number of benzene rings is 2. The molecule has 41 heavy (non-hydrogen) atoms. The summed E-state index contributed by atoms with van der Waals surface area (Å²) in [6.07, 6.45) is 8.87. The molecule has 1 amide bonds. The SMILES string of the molecule is C=CCN1CCC(OC(=O)Nc2cn3ncnc(Nc4ccc5c(cnn5Cc5ccccc5)c4)c3c2CC)CC1. The number of carbonyl (C=O) groups excluding carboxylic acids is 1. The summed E-state index contributed by atoms with van der Waals surface area (Å²) in [6, 6.07) is 16.4.